The highest BCUT2D eigenvalue weighted by atomic mass is 16.2. The van der Waals surface area contributed by atoms with E-state index in [9.17, 15) is 14.4 Å². The number of hydrogen-bond acceptors (Lipinski definition) is 4. The van der Waals surface area contributed by atoms with Crippen LogP contribution in [-0.2, 0) is 14.4 Å². The summed E-state index contributed by atoms with van der Waals surface area (Å²) in [6, 6.07) is -0.417. The highest BCUT2D eigenvalue weighted by Crippen LogP contribution is 2.33. The zero-order valence-electron chi connectivity index (χ0n) is 12.3. The van der Waals surface area contributed by atoms with Crippen molar-refractivity contribution in [2.75, 3.05) is 6.54 Å². The number of nitrogens with zero attached hydrogens (tertiary/aromatic N) is 2. The lowest BCUT2D eigenvalue weighted by atomic mass is 9.80. The molecule has 0 aromatic carbocycles. The molecule has 0 radical (unpaired) electrons. The van der Waals surface area contributed by atoms with Crippen LogP contribution < -0.4 is 0 Å². The number of carbonyl (C=O) groups excluding carboxylic acids is 3. The van der Waals surface area contributed by atoms with Gasteiger partial charge in [0.1, 0.15) is 0 Å². The fourth-order valence-electron chi connectivity index (χ4n) is 2.16. The molecule has 106 valence electrons. The van der Waals surface area contributed by atoms with Crippen LogP contribution in [-0.4, -0.2) is 35.4 Å². The van der Waals surface area contributed by atoms with Crippen molar-refractivity contribution in [1.29, 1.82) is 0 Å². The van der Waals surface area contributed by atoms with E-state index in [0.29, 0.717) is 12.8 Å². The summed E-state index contributed by atoms with van der Waals surface area (Å²) in [6.07, 6.45) is 2.23. The van der Waals surface area contributed by atoms with Gasteiger partial charge in [0, 0.05) is 12.8 Å². The van der Waals surface area contributed by atoms with Crippen LogP contribution in [0.1, 0.15) is 47.5 Å². The average molecular weight is 266 g/mol. The maximum Gasteiger partial charge on any atom is 0.235 e. The van der Waals surface area contributed by atoms with Crippen LogP contribution in [0.5, 0.6) is 0 Å². The second-order valence-corrected chi connectivity index (χ2v) is 7.02. The summed E-state index contributed by atoms with van der Waals surface area (Å²) in [5.41, 5.74) is -0.583. The number of likely N-dealkylation sites (tertiary alicyclic amines) is 1. The molecular weight excluding hydrogens is 244 g/mol. The molecule has 0 bridgehead atoms. The van der Waals surface area contributed by atoms with Crippen molar-refractivity contribution in [2.24, 2.45) is 15.8 Å². The minimum absolute atomic E-state index is 0.159. The van der Waals surface area contributed by atoms with E-state index in [1.807, 2.05) is 34.6 Å². The number of carbonyl (C=O) groups is 2. The van der Waals surface area contributed by atoms with E-state index in [1.54, 1.807) is 0 Å². The molecule has 1 atom stereocenters. The first-order valence-electron chi connectivity index (χ1n) is 6.47. The number of rotatable bonds is 3. The van der Waals surface area contributed by atoms with Crippen molar-refractivity contribution in [1.82, 2.24) is 4.90 Å². The van der Waals surface area contributed by atoms with Gasteiger partial charge < -0.3 is 0 Å². The summed E-state index contributed by atoms with van der Waals surface area (Å²) < 4.78 is 0. The number of isocyanates is 1. The Balaban J connectivity index is 2.89. The maximum absolute atomic E-state index is 12.1. The molecule has 0 unspecified atom stereocenters. The molecule has 5 nitrogen and oxygen atoms in total. The van der Waals surface area contributed by atoms with Crippen LogP contribution in [0.2, 0.25) is 0 Å². The van der Waals surface area contributed by atoms with Crippen LogP contribution in [0.25, 0.3) is 0 Å². The van der Waals surface area contributed by atoms with Crippen molar-refractivity contribution < 1.29 is 14.4 Å². The largest absolute Gasteiger partial charge is 0.280 e. The summed E-state index contributed by atoms with van der Waals surface area (Å²) >= 11 is 0. The average Bonchev–Trinajstić information content (AvgIpc) is 2.18. The van der Waals surface area contributed by atoms with E-state index in [0.717, 1.165) is 0 Å². The Morgan fingerprint density at radius 3 is 2.11 bits per heavy atom. The second-order valence-electron chi connectivity index (χ2n) is 7.02. The van der Waals surface area contributed by atoms with E-state index in [1.165, 1.54) is 11.0 Å². The Morgan fingerprint density at radius 2 is 1.74 bits per heavy atom. The molecular formula is C14H22N2O3. The van der Waals surface area contributed by atoms with Crippen LogP contribution in [0.3, 0.4) is 0 Å². The van der Waals surface area contributed by atoms with Gasteiger partial charge in [0.2, 0.25) is 17.9 Å². The molecule has 1 fully saturated rings. The predicted octanol–water partition coefficient (Wildman–Crippen LogP) is 1.91. The van der Waals surface area contributed by atoms with Gasteiger partial charge >= 0.3 is 0 Å². The molecule has 5 heteroatoms. The first kappa shape index (κ1) is 15.6. The Labute approximate surface area is 114 Å². The fourth-order valence-corrected chi connectivity index (χ4v) is 2.16. The highest BCUT2D eigenvalue weighted by molar-refractivity contribution is 5.98. The van der Waals surface area contributed by atoms with Crippen molar-refractivity contribution in [3.05, 3.63) is 0 Å². The summed E-state index contributed by atoms with van der Waals surface area (Å²) in [7, 11) is 0. The lowest BCUT2D eigenvalue weighted by Gasteiger charge is -2.37. The van der Waals surface area contributed by atoms with E-state index in [2.05, 4.69) is 4.99 Å². The Morgan fingerprint density at radius 1 is 1.26 bits per heavy atom. The molecule has 1 saturated heterocycles. The third-order valence-corrected chi connectivity index (χ3v) is 3.43. The van der Waals surface area contributed by atoms with Gasteiger partial charge in [-0.3, -0.25) is 14.5 Å². The minimum atomic E-state index is -0.417. The quantitative estimate of drug-likeness (QED) is 0.445. The van der Waals surface area contributed by atoms with Crippen LogP contribution in [0.15, 0.2) is 4.99 Å². The summed E-state index contributed by atoms with van der Waals surface area (Å²) in [4.78, 5) is 39.6. The first-order valence-corrected chi connectivity index (χ1v) is 6.47. The van der Waals surface area contributed by atoms with Crippen LogP contribution in [0, 0.1) is 10.8 Å². The zero-order valence-corrected chi connectivity index (χ0v) is 12.3. The number of imide groups is 1. The number of aliphatic imine (C=N–C) groups is 1. The normalized spacial score (nSPS) is 21.0. The van der Waals surface area contributed by atoms with Crippen molar-refractivity contribution in [3.63, 3.8) is 0 Å². The van der Waals surface area contributed by atoms with Gasteiger partial charge in [-0.05, 0) is 10.8 Å². The zero-order chi connectivity index (χ0) is 14.8. The Kier molecular flexibility index (Phi) is 4.31. The number of hydrogen-bond donors (Lipinski definition) is 0. The lowest BCUT2D eigenvalue weighted by Crippen LogP contribution is -2.50. The van der Waals surface area contributed by atoms with E-state index < -0.39 is 6.04 Å². The molecule has 0 spiro atoms. The molecule has 2 amide bonds. The smallest absolute Gasteiger partial charge is 0.235 e. The number of amides is 2. The molecule has 0 aromatic heterocycles. The Bertz CT molecular complexity index is 408. The molecule has 0 aliphatic carbocycles. The third kappa shape index (κ3) is 4.00. The molecule has 0 N–H and O–H groups in total. The minimum Gasteiger partial charge on any atom is -0.280 e. The van der Waals surface area contributed by atoms with Gasteiger partial charge in [0.25, 0.3) is 0 Å². The van der Waals surface area contributed by atoms with Gasteiger partial charge in [0.15, 0.2) is 0 Å². The summed E-state index contributed by atoms with van der Waals surface area (Å²) in [5.74, 6) is -0.367. The molecule has 1 heterocycles. The Hall–Kier alpha value is -1.48. The van der Waals surface area contributed by atoms with E-state index in [-0.39, 0.29) is 29.2 Å². The molecule has 1 aliphatic heterocycles. The van der Waals surface area contributed by atoms with Gasteiger partial charge in [-0.1, -0.05) is 34.6 Å². The van der Waals surface area contributed by atoms with Gasteiger partial charge in [-0.15, -0.1) is 0 Å². The van der Waals surface area contributed by atoms with Gasteiger partial charge in [0.05, 0.1) is 12.6 Å². The third-order valence-electron chi connectivity index (χ3n) is 3.43. The molecule has 19 heavy (non-hydrogen) atoms. The van der Waals surface area contributed by atoms with Crippen molar-refractivity contribution in [3.8, 4) is 0 Å². The SMILES string of the molecule is CC1(C)CC(=O)N(C[C@@H](N=C=O)C(C)(C)C)C(=O)C1. The standard InChI is InChI=1S/C14H22N2O3/c1-13(2,3)10(15-9-17)8-16-11(18)6-14(4,5)7-12(16)19/h10H,6-8H2,1-5H3/t10-/m1/s1. The molecule has 1 aliphatic rings. The fraction of sp³-hybridized carbons (Fsp3) is 0.786. The molecule has 1 rings (SSSR count). The molecule has 0 aromatic rings. The highest BCUT2D eigenvalue weighted by Gasteiger charge is 2.39. The second kappa shape index (κ2) is 5.25. The van der Waals surface area contributed by atoms with Crippen molar-refractivity contribution >= 4 is 17.9 Å². The van der Waals surface area contributed by atoms with E-state index in [4.69, 9.17) is 0 Å². The van der Waals surface area contributed by atoms with Gasteiger partial charge in [-0.2, -0.15) is 0 Å². The summed E-state index contributed by atoms with van der Waals surface area (Å²) in [5, 5.41) is 0. The van der Waals surface area contributed by atoms with Gasteiger partial charge in [-0.25, -0.2) is 9.79 Å². The van der Waals surface area contributed by atoms with Crippen LogP contribution in [0.4, 0.5) is 0 Å². The monoisotopic (exact) mass is 266 g/mol. The molecule has 0 saturated carbocycles. The maximum atomic E-state index is 12.1. The number of piperidine rings is 1. The summed E-state index contributed by atoms with van der Waals surface area (Å²) in [6.45, 7) is 9.73. The lowest BCUT2D eigenvalue weighted by molar-refractivity contribution is -0.153. The van der Waals surface area contributed by atoms with Crippen molar-refractivity contribution in [2.45, 2.75) is 53.5 Å². The van der Waals surface area contributed by atoms with Crippen LogP contribution >= 0.6 is 0 Å². The topological polar surface area (TPSA) is 66.8 Å². The van der Waals surface area contributed by atoms with E-state index >= 15 is 0 Å². The first-order chi connectivity index (χ1) is 8.57. The predicted molar refractivity (Wildman–Crippen MR) is 71.1 cm³/mol.